The number of carboxylic acids is 1. The van der Waals surface area contributed by atoms with Crippen LogP contribution in [0.1, 0.15) is 22.7 Å². The number of nitrogens with zero attached hydrogens (tertiary/aromatic N) is 2. The fourth-order valence-electron chi connectivity index (χ4n) is 2.88. The molecule has 2 unspecified atom stereocenters. The van der Waals surface area contributed by atoms with Gasteiger partial charge in [-0.15, -0.1) is 0 Å². The lowest BCUT2D eigenvalue weighted by Crippen LogP contribution is -2.49. The number of hydrogen-bond donors (Lipinski definition) is 3. The lowest BCUT2D eigenvalue weighted by atomic mass is 9.85. The molecular weight excluding hydrogens is 372 g/mol. The molecule has 1 aliphatic rings. The highest BCUT2D eigenvalue weighted by Crippen LogP contribution is 2.46. The third-order valence-electron chi connectivity index (χ3n) is 4.29. The third kappa shape index (κ3) is 3.27. The molecule has 2 aromatic rings. The van der Waals surface area contributed by atoms with Crippen LogP contribution in [0.5, 0.6) is 0 Å². The van der Waals surface area contributed by atoms with E-state index in [9.17, 15) is 28.0 Å². The van der Waals surface area contributed by atoms with Crippen LogP contribution in [0.15, 0.2) is 64.3 Å². The van der Waals surface area contributed by atoms with E-state index < -0.39 is 32.6 Å². The maximum atomic E-state index is 12.0. The zero-order valence-electron chi connectivity index (χ0n) is 14.1. The van der Waals surface area contributed by atoms with Crippen molar-refractivity contribution in [2.75, 3.05) is 0 Å². The summed E-state index contributed by atoms with van der Waals surface area (Å²) in [5.41, 5.74) is 1.02. The van der Waals surface area contributed by atoms with Gasteiger partial charge < -0.3 is 10.2 Å². The summed E-state index contributed by atoms with van der Waals surface area (Å²) in [6, 6.07) is 11.4. The summed E-state index contributed by atoms with van der Waals surface area (Å²) in [5, 5.41) is 28.1. The Labute approximate surface area is 155 Å². The van der Waals surface area contributed by atoms with Gasteiger partial charge in [0, 0.05) is 0 Å². The molecule has 0 saturated heterocycles. The summed E-state index contributed by atoms with van der Waals surface area (Å²) in [6.45, 7) is 1.87. The quantitative estimate of drug-likeness (QED) is 0.544. The molecule has 140 valence electrons. The average Bonchev–Trinajstić information content (AvgIpc) is 2.60. The largest absolute Gasteiger partial charge is 0.478 e. The smallest absolute Gasteiger partial charge is 0.335 e. The van der Waals surface area contributed by atoms with Crippen LogP contribution in [0.3, 0.4) is 0 Å². The Morgan fingerprint density at radius 1 is 1.11 bits per heavy atom. The molecule has 2 atom stereocenters. The van der Waals surface area contributed by atoms with Crippen molar-refractivity contribution in [3.05, 3.63) is 70.8 Å². The minimum absolute atomic E-state index is 0.221. The van der Waals surface area contributed by atoms with Crippen molar-refractivity contribution in [1.29, 1.82) is 0 Å². The molecule has 3 rings (SSSR count). The minimum atomic E-state index is -5.27. The van der Waals surface area contributed by atoms with Gasteiger partial charge in [-0.3, -0.25) is 4.55 Å². The maximum absolute atomic E-state index is 12.0. The molecule has 3 N–H and O–H groups in total. The number of carbonyl (C=O) groups is 1. The number of aliphatic carboxylic acids is 1. The molecule has 0 fully saturated rings. The van der Waals surface area contributed by atoms with Crippen LogP contribution in [0.2, 0.25) is 0 Å². The topological polar surface area (TPSA) is 137 Å². The summed E-state index contributed by atoms with van der Waals surface area (Å²) in [7, 11) is -5.27. The number of aryl methyl sites for hydroxylation is 1. The van der Waals surface area contributed by atoms with Crippen molar-refractivity contribution in [3.63, 3.8) is 0 Å². The Morgan fingerprint density at radius 3 is 2.33 bits per heavy atom. The zero-order valence-corrected chi connectivity index (χ0v) is 15.0. The number of aliphatic hydroxyl groups is 1. The van der Waals surface area contributed by atoms with Gasteiger partial charge in [0.15, 0.2) is 0 Å². The van der Waals surface area contributed by atoms with Gasteiger partial charge >= 0.3 is 16.1 Å². The van der Waals surface area contributed by atoms with E-state index in [2.05, 4.69) is 10.2 Å². The Kier molecular flexibility index (Phi) is 4.68. The van der Waals surface area contributed by atoms with Crippen LogP contribution in [0.25, 0.3) is 6.08 Å². The van der Waals surface area contributed by atoms with E-state index in [1.807, 2.05) is 6.92 Å². The van der Waals surface area contributed by atoms with Gasteiger partial charge in [0.1, 0.15) is 6.04 Å². The second-order valence-electron chi connectivity index (χ2n) is 6.12. The summed E-state index contributed by atoms with van der Waals surface area (Å²) in [6.07, 6.45) is 1.00. The first-order chi connectivity index (χ1) is 12.6. The van der Waals surface area contributed by atoms with E-state index in [1.54, 1.807) is 42.5 Å². The normalized spacial score (nSPS) is 22.3. The molecule has 0 aromatic heterocycles. The Bertz CT molecular complexity index is 1060. The highest BCUT2D eigenvalue weighted by Gasteiger charge is 2.57. The van der Waals surface area contributed by atoms with Gasteiger partial charge in [-0.25, -0.2) is 4.79 Å². The van der Waals surface area contributed by atoms with Crippen LogP contribution in [0, 0.1) is 6.92 Å². The lowest BCUT2D eigenvalue weighted by molar-refractivity contribution is -0.134. The number of hydrogen-bond acceptors (Lipinski definition) is 6. The monoisotopic (exact) mass is 388 g/mol. The van der Waals surface area contributed by atoms with Crippen molar-refractivity contribution in [3.8, 4) is 0 Å². The van der Waals surface area contributed by atoms with Gasteiger partial charge in [0.2, 0.25) is 0 Å². The SMILES string of the molecule is Cc1ccc(N=NC2c3ccccc3C=C(C(=O)O)C2(O)S(=O)(=O)O)cc1. The molecule has 8 nitrogen and oxygen atoms in total. The predicted octanol–water partition coefficient (Wildman–Crippen LogP) is 2.88. The molecule has 0 aliphatic heterocycles. The standard InChI is InChI=1S/C18H16N2O6S/c1-11-6-8-13(9-7-11)19-20-16-14-5-3-2-4-12(14)10-15(17(21)22)18(16,23)27(24,25)26/h2-10,16,23H,1H3,(H,21,22)(H,24,25,26). The van der Waals surface area contributed by atoms with Crippen molar-refractivity contribution < 1.29 is 28.0 Å². The second kappa shape index (κ2) is 6.69. The van der Waals surface area contributed by atoms with E-state index in [0.29, 0.717) is 11.3 Å². The van der Waals surface area contributed by atoms with Crippen LogP contribution < -0.4 is 0 Å². The molecule has 0 spiro atoms. The number of rotatable bonds is 4. The Hall–Kier alpha value is -2.88. The van der Waals surface area contributed by atoms with E-state index in [4.69, 9.17) is 0 Å². The first-order valence-electron chi connectivity index (χ1n) is 7.86. The molecule has 9 heteroatoms. The van der Waals surface area contributed by atoms with Gasteiger partial charge in [-0.1, -0.05) is 42.0 Å². The predicted molar refractivity (Wildman–Crippen MR) is 97.0 cm³/mol. The molecule has 27 heavy (non-hydrogen) atoms. The molecule has 0 heterocycles. The van der Waals surface area contributed by atoms with E-state index in [-0.39, 0.29) is 5.56 Å². The molecule has 0 radical (unpaired) electrons. The van der Waals surface area contributed by atoms with Crippen molar-refractivity contribution >= 4 is 27.9 Å². The summed E-state index contributed by atoms with van der Waals surface area (Å²) in [5.74, 6) is -1.69. The van der Waals surface area contributed by atoms with Crippen LogP contribution in [-0.2, 0) is 14.9 Å². The number of fused-ring (bicyclic) bond motifs is 1. The van der Waals surface area contributed by atoms with Gasteiger partial charge in [-0.2, -0.15) is 18.6 Å². The number of carboxylic acid groups (broad SMARTS) is 1. The fourth-order valence-corrected chi connectivity index (χ4v) is 3.76. The molecule has 0 saturated carbocycles. The second-order valence-corrected chi connectivity index (χ2v) is 7.69. The first-order valence-corrected chi connectivity index (χ1v) is 9.30. The van der Waals surface area contributed by atoms with Crippen molar-refractivity contribution in [2.45, 2.75) is 17.9 Å². The summed E-state index contributed by atoms with van der Waals surface area (Å²) < 4.78 is 33.7. The molecule has 0 bridgehead atoms. The molecule has 2 aromatic carbocycles. The third-order valence-corrected chi connectivity index (χ3v) is 5.52. The van der Waals surface area contributed by atoms with E-state index in [1.165, 1.54) is 6.07 Å². The zero-order chi connectivity index (χ0) is 19.8. The first kappa shape index (κ1) is 18.9. The van der Waals surface area contributed by atoms with Crippen LogP contribution in [0.4, 0.5) is 5.69 Å². The van der Waals surface area contributed by atoms with Crippen molar-refractivity contribution in [1.82, 2.24) is 0 Å². The van der Waals surface area contributed by atoms with E-state index in [0.717, 1.165) is 11.6 Å². The van der Waals surface area contributed by atoms with Gasteiger partial charge in [0.25, 0.3) is 4.93 Å². The Morgan fingerprint density at radius 2 is 1.74 bits per heavy atom. The summed E-state index contributed by atoms with van der Waals surface area (Å²) >= 11 is 0. The van der Waals surface area contributed by atoms with Gasteiger partial charge in [-0.05, 0) is 36.3 Å². The number of azo groups is 1. The summed E-state index contributed by atoms with van der Waals surface area (Å²) in [4.78, 5) is 8.43. The fraction of sp³-hybridized carbons (Fsp3) is 0.167. The minimum Gasteiger partial charge on any atom is -0.478 e. The highest BCUT2D eigenvalue weighted by molar-refractivity contribution is 7.87. The van der Waals surface area contributed by atoms with Crippen LogP contribution >= 0.6 is 0 Å². The lowest BCUT2D eigenvalue weighted by Gasteiger charge is -2.34. The number of benzene rings is 2. The van der Waals surface area contributed by atoms with Crippen LogP contribution in [-0.4, -0.2) is 34.1 Å². The van der Waals surface area contributed by atoms with Crippen molar-refractivity contribution in [2.24, 2.45) is 10.2 Å². The molecule has 0 amide bonds. The van der Waals surface area contributed by atoms with Gasteiger partial charge in [0.05, 0.1) is 11.3 Å². The average molecular weight is 388 g/mol. The molecular formula is C18H16N2O6S. The van der Waals surface area contributed by atoms with E-state index >= 15 is 0 Å². The maximum Gasteiger partial charge on any atom is 0.335 e. The highest BCUT2D eigenvalue weighted by atomic mass is 32.2. The molecule has 1 aliphatic carbocycles. The Balaban J connectivity index is 2.22.